The number of nitrogens with one attached hydrogen (secondary N) is 1. The van der Waals surface area contributed by atoms with Crippen molar-refractivity contribution in [2.24, 2.45) is 0 Å². The van der Waals surface area contributed by atoms with E-state index in [4.69, 9.17) is 5.26 Å². The lowest BCUT2D eigenvalue weighted by Gasteiger charge is -2.06. The Hall–Kier alpha value is -2.49. The van der Waals surface area contributed by atoms with Crippen LogP contribution < -0.4 is 5.32 Å². The Balaban J connectivity index is 2.17. The molecule has 0 saturated heterocycles. The first-order chi connectivity index (χ1) is 8.22. The Morgan fingerprint density at radius 1 is 1.35 bits per heavy atom. The first-order valence-corrected chi connectivity index (χ1v) is 4.59. The van der Waals surface area contributed by atoms with E-state index in [1.807, 2.05) is 0 Å². The maximum absolute atomic E-state index is 13.4. The summed E-state index contributed by atoms with van der Waals surface area (Å²) >= 11 is 0. The van der Waals surface area contributed by atoms with Gasteiger partial charge in [-0.3, -0.25) is 0 Å². The Labute approximate surface area is 94.7 Å². The van der Waals surface area contributed by atoms with E-state index in [0.29, 0.717) is 5.82 Å². The van der Waals surface area contributed by atoms with Crippen LogP contribution in [0.1, 0.15) is 11.4 Å². The zero-order chi connectivity index (χ0) is 12.3. The molecular formula is C10H6F2N4O. The van der Waals surface area contributed by atoms with Crippen LogP contribution in [0.5, 0.6) is 0 Å². The SMILES string of the molecule is N#Cc1ccc(NCc2ncon2)c(F)c1F. The Morgan fingerprint density at radius 3 is 2.82 bits per heavy atom. The van der Waals surface area contributed by atoms with Crippen LogP contribution in [-0.2, 0) is 6.54 Å². The molecular weight excluding hydrogens is 230 g/mol. The average Bonchev–Trinajstić information content (AvgIpc) is 2.84. The first-order valence-electron chi connectivity index (χ1n) is 4.59. The van der Waals surface area contributed by atoms with Gasteiger partial charge in [0.1, 0.15) is 6.07 Å². The normalized spacial score (nSPS) is 9.94. The number of halogens is 2. The van der Waals surface area contributed by atoms with Gasteiger partial charge in [0.25, 0.3) is 0 Å². The van der Waals surface area contributed by atoms with Crippen molar-refractivity contribution in [2.75, 3.05) is 5.32 Å². The highest BCUT2D eigenvalue weighted by atomic mass is 19.2. The summed E-state index contributed by atoms with van der Waals surface area (Å²) in [6, 6.07) is 4.02. The predicted molar refractivity (Wildman–Crippen MR) is 52.7 cm³/mol. The van der Waals surface area contributed by atoms with Crippen LogP contribution in [0, 0.1) is 23.0 Å². The van der Waals surface area contributed by atoms with E-state index in [9.17, 15) is 8.78 Å². The lowest BCUT2D eigenvalue weighted by Crippen LogP contribution is -2.05. The van der Waals surface area contributed by atoms with E-state index in [-0.39, 0.29) is 17.8 Å². The highest BCUT2D eigenvalue weighted by Gasteiger charge is 2.13. The second kappa shape index (κ2) is 4.57. The summed E-state index contributed by atoms with van der Waals surface area (Å²) in [7, 11) is 0. The summed E-state index contributed by atoms with van der Waals surface area (Å²) in [6.07, 6.45) is 1.13. The molecule has 0 spiro atoms. The quantitative estimate of drug-likeness (QED) is 0.879. The van der Waals surface area contributed by atoms with Crippen molar-refractivity contribution < 1.29 is 13.3 Å². The van der Waals surface area contributed by atoms with Gasteiger partial charge in [-0.05, 0) is 12.1 Å². The molecule has 0 aliphatic carbocycles. The molecule has 0 radical (unpaired) electrons. The van der Waals surface area contributed by atoms with Crippen molar-refractivity contribution >= 4 is 5.69 Å². The third-order valence-electron chi connectivity index (χ3n) is 2.05. The molecule has 0 aliphatic heterocycles. The lowest BCUT2D eigenvalue weighted by molar-refractivity contribution is 0.411. The van der Waals surface area contributed by atoms with Gasteiger partial charge in [-0.15, -0.1) is 0 Å². The summed E-state index contributed by atoms with van der Waals surface area (Å²) < 4.78 is 31.1. The average molecular weight is 236 g/mol. The Kier molecular flexibility index (Phi) is 2.96. The third-order valence-corrected chi connectivity index (χ3v) is 2.05. The number of hydrogen-bond acceptors (Lipinski definition) is 5. The molecule has 86 valence electrons. The highest BCUT2D eigenvalue weighted by Crippen LogP contribution is 2.20. The van der Waals surface area contributed by atoms with Crippen LogP contribution in [0.25, 0.3) is 0 Å². The number of rotatable bonds is 3. The van der Waals surface area contributed by atoms with Crippen LogP contribution in [-0.4, -0.2) is 10.1 Å². The summed E-state index contributed by atoms with van der Waals surface area (Å²) in [6.45, 7) is 0.0960. The van der Waals surface area contributed by atoms with Crippen molar-refractivity contribution in [3.8, 4) is 6.07 Å². The molecule has 0 amide bonds. The van der Waals surface area contributed by atoms with E-state index in [0.717, 1.165) is 6.39 Å². The molecule has 5 nitrogen and oxygen atoms in total. The molecule has 0 atom stereocenters. The smallest absolute Gasteiger partial charge is 0.213 e. The van der Waals surface area contributed by atoms with Crippen LogP contribution in [0.4, 0.5) is 14.5 Å². The molecule has 1 heterocycles. The summed E-state index contributed by atoms with van der Waals surface area (Å²) in [5.74, 6) is -1.97. The number of benzene rings is 1. The monoisotopic (exact) mass is 236 g/mol. The minimum Gasteiger partial charge on any atom is -0.375 e. The summed E-state index contributed by atoms with van der Waals surface area (Å²) in [5, 5.41) is 14.6. The fraction of sp³-hybridized carbons (Fsp3) is 0.100. The fourth-order valence-corrected chi connectivity index (χ4v) is 1.22. The Morgan fingerprint density at radius 2 is 2.18 bits per heavy atom. The van der Waals surface area contributed by atoms with Crippen molar-refractivity contribution in [3.63, 3.8) is 0 Å². The highest BCUT2D eigenvalue weighted by molar-refractivity contribution is 5.49. The minimum atomic E-state index is -1.18. The molecule has 0 bridgehead atoms. The molecule has 2 rings (SSSR count). The molecule has 0 aliphatic rings. The fourth-order valence-electron chi connectivity index (χ4n) is 1.22. The van der Waals surface area contributed by atoms with Gasteiger partial charge in [0.05, 0.1) is 17.8 Å². The topological polar surface area (TPSA) is 74.7 Å². The second-order valence-electron chi connectivity index (χ2n) is 3.10. The van der Waals surface area contributed by atoms with Gasteiger partial charge < -0.3 is 9.84 Å². The molecule has 0 unspecified atom stereocenters. The number of hydrogen-bond donors (Lipinski definition) is 1. The van der Waals surface area contributed by atoms with Gasteiger partial charge in [-0.1, -0.05) is 5.16 Å². The molecule has 0 saturated carbocycles. The van der Waals surface area contributed by atoms with Gasteiger partial charge in [0.15, 0.2) is 17.5 Å². The second-order valence-corrected chi connectivity index (χ2v) is 3.10. The number of aromatic nitrogens is 2. The predicted octanol–water partition coefficient (Wildman–Crippen LogP) is 1.83. The van der Waals surface area contributed by atoms with Crippen LogP contribution in [0.3, 0.4) is 0 Å². The standard InChI is InChI=1S/C10H6F2N4O/c11-9-6(3-13)1-2-7(10(9)12)14-4-8-15-5-17-16-8/h1-2,5,14H,4H2. The van der Waals surface area contributed by atoms with Gasteiger partial charge in [0, 0.05) is 0 Å². The van der Waals surface area contributed by atoms with Gasteiger partial charge in [-0.2, -0.15) is 10.2 Å². The van der Waals surface area contributed by atoms with E-state index < -0.39 is 11.6 Å². The molecule has 1 N–H and O–H groups in total. The molecule has 2 aromatic rings. The Bertz CT molecular complexity index is 562. The first kappa shape index (κ1) is 11.0. The number of nitrogens with zero attached hydrogens (tertiary/aromatic N) is 3. The maximum Gasteiger partial charge on any atom is 0.213 e. The zero-order valence-electron chi connectivity index (χ0n) is 8.44. The van der Waals surface area contributed by atoms with Gasteiger partial charge in [-0.25, -0.2) is 8.78 Å². The third kappa shape index (κ3) is 2.20. The molecule has 1 aromatic carbocycles. The van der Waals surface area contributed by atoms with E-state index in [1.54, 1.807) is 6.07 Å². The van der Waals surface area contributed by atoms with Crippen LogP contribution in [0.15, 0.2) is 23.0 Å². The maximum atomic E-state index is 13.4. The largest absolute Gasteiger partial charge is 0.375 e. The summed E-state index contributed by atoms with van der Waals surface area (Å²) in [4.78, 5) is 3.71. The minimum absolute atomic E-state index is 0.0636. The zero-order valence-corrected chi connectivity index (χ0v) is 8.44. The molecule has 1 aromatic heterocycles. The van der Waals surface area contributed by atoms with E-state index in [1.165, 1.54) is 12.1 Å². The van der Waals surface area contributed by atoms with Gasteiger partial charge in [0.2, 0.25) is 6.39 Å². The van der Waals surface area contributed by atoms with Gasteiger partial charge >= 0.3 is 0 Å². The molecule has 7 heteroatoms. The molecule has 17 heavy (non-hydrogen) atoms. The number of anilines is 1. The van der Waals surface area contributed by atoms with Crippen molar-refractivity contribution in [2.45, 2.75) is 6.54 Å². The lowest BCUT2D eigenvalue weighted by atomic mass is 10.2. The number of nitriles is 1. The van der Waals surface area contributed by atoms with Crippen LogP contribution in [0.2, 0.25) is 0 Å². The summed E-state index contributed by atoms with van der Waals surface area (Å²) in [5.41, 5.74) is -0.404. The van der Waals surface area contributed by atoms with Crippen LogP contribution >= 0.6 is 0 Å². The van der Waals surface area contributed by atoms with E-state index in [2.05, 4.69) is 20.0 Å². The van der Waals surface area contributed by atoms with E-state index >= 15 is 0 Å². The van der Waals surface area contributed by atoms with Crippen molar-refractivity contribution in [1.29, 1.82) is 5.26 Å². The van der Waals surface area contributed by atoms with Crippen molar-refractivity contribution in [1.82, 2.24) is 10.1 Å². The van der Waals surface area contributed by atoms with Crippen molar-refractivity contribution in [3.05, 3.63) is 41.5 Å². The molecule has 0 fully saturated rings.